The van der Waals surface area contributed by atoms with Gasteiger partial charge in [-0.1, -0.05) is 35.3 Å². The number of nitrogens with zero attached hydrogens (tertiary/aromatic N) is 1. The lowest BCUT2D eigenvalue weighted by molar-refractivity contribution is 0.414. The van der Waals surface area contributed by atoms with Crippen LogP contribution in [0.25, 0.3) is 0 Å². The highest BCUT2D eigenvalue weighted by Gasteiger charge is 2.03. The summed E-state index contributed by atoms with van der Waals surface area (Å²) in [6.07, 6.45) is 0.791. The summed E-state index contributed by atoms with van der Waals surface area (Å²) < 4.78 is 5.19. The smallest absolute Gasteiger partial charge is 0.125 e. The first kappa shape index (κ1) is 15.7. The standard InChI is InChI=1S/C16H16Cl2N2O/c1-21-13-4-2-3-11(9-13)7-8-20-16(19)12-5-6-14(17)15(18)10-12/h2-6,9-10H,7-8H2,1H3,(H2,19,20). The molecule has 0 aromatic heterocycles. The van der Waals surface area contributed by atoms with E-state index in [1.807, 2.05) is 24.3 Å². The number of benzene rings is 2. The topological polar surface area (TPSA) is 47.6 Å². The zero-order valence-electron chi connectivity index (χ0n) is 11.6. The average molecular weight is 323 g/mol. The minimum absolute atomic E-state index is 0.455. The molecule has 5 heteroatoms. The van der Waals surface area contributed by atoms with E-state index in [9.17, 15) is 0 Å². The van der Waals surface area contributed by atoms with E-state index in [1.54, 1.807) is 25.3 Å². The minimum atomic E-state index is 0.455. The Morgan fingerprint density at radius 1 is 1.14 bits per heavy atom. The predicted octanol–water partition coefficient (Wildman–Crippen LogP) is 3.95. The molecule has 2 N–H and O–H groups in total. The van der Waals surface area contributed by atoms with Crippen LogP contribution in [0, 0.1) is 0 Å². The van der Waals surface area contributed by atoms with Gasteiger partial charge in [0.15, 0.2) is 0 Å². The Bertz CT molecular complexity index is 656. The SMILES string of the molecule is COc1cccc(CCN=C(N)c2ccc(Cl)c(Cl)c2)c1. The molecule has 0 aliphatic heterocycles. The molecule has 0 fully saturated rings. The summed E-state index contributed by atoms with van der Waals surface area (Å²) in [5, 5.41) is 0.977. The first-order valence-electron chi connectivity index (χ1n) is 6.48. The number of methoxy groups -OCH3 is 1. The van der Waals surface area contributed by atoms with Crippen molar-refractivity contribution < 1.29 is 4.74 Å². The molecule has 2 aromatic rings. The molecule has 0 saturated carbocycles. The lowest BCUT2D eigenvalue weighted by Gasteiger charge is -2.05. The van der Waals surface area contributed by atoms with Crippen LogP contribution in [0.15, 0.2) is 47.5 Å². The Hall–Kier alpha value is -1.71. The molecule has 2 rings (SSSR count). The van der Waals surface area contributed by atoms with Crippen LogP contribution in [0.2, 0.25) is 10.0 Å². The third kappa shape index (κ3) is 4.38. The minimum Gasteiger partial charge on any atom is -0.497 e. The highest BCUT2D eigenvalue weighted by Crippen LogP contribution is 2.22. The number of aliphatic imine (C=N–C) groups is 1. The number of nitrogens with two attached hydrogens (primary N) is 1. The second kappa shape index (κ2) is 7.34. The van der Waals surface area contributed by atoms with Gasteiger partial charge in [0.2, 0.25) is 0 Å². The van der Waals surface area contributed by atoms with Crippen molar-refractivity contribution in [3.63, 3.8) is 0 Å². The Balaban J connectivity index is 2.01. The first-order valence-corrected chi connectivity index (χ1v) is 7.24. The number of hydrogen-bond acceptors (Lipinski definition) is 2. The van der Waals surface area contributed by atoms with Gasteiger partial charge in [-0.25, -0.2) is 0 Å². The molecular formula is C16H16Cl2N2O. The molecule has 0 bridgehead atoms. The quantitative estimate of drug-likeness (QED) is 0.669. The summed E-state index contributed by atoms with van der Waals surface area (Å²) in [4.78, 5) is 4.37. The highest BCUT2D eigenvalue weighted by atomic mass is 35.5. The molecule has 110 valence electrons. The third-order valence-corrected chi connectivity index (χ3v) is 3.77. The summed E-state index contributed by atoms with van der Waals surface area (Å²) >= 11 is 11.8. The highest BCUT2D eigenvalue weighted by molar-refractivity contribution is 6.42. The number of amidine groups is 1. The molecule has 0 heterocycles. The van der Waals surface area contributed by atoms with Crippen LogP contribution < -0.4 is 10.5 Å². The van der Waals surface area contributed by atoms with Crippen molar-refractivity contribution >= 4 is 29.0 Å². The van der Waals surface area contributed by atoms with Crippen LogP contribution in [0.1, 0.15) is 11.1 Å². The summed E-state index contributed by atoms with van der Waals surface area (Å²) in [6.45, 7) is 0.596. The van der Waals surface area contributed by atoms with E-state index >= 15 is 0 Å². The second-order valence-corrected chi connectivity index (χ2v) is 5.31. The average Bonchev–Trinajstić information content (AvgIpc) is 2.50. The van der Waals surface area contributed by atoms with Crippen LogP contribution in [-0.4, -0.2) is 19.5 Å². The lowest BCUT2D eigenvalue weighted by Crippen LogP contribution is -2.14. The Labute approximate surface area is 134 Å². The zero-order chi connectivity index (χ0) is 15.2. The largest absolute Gasteiger partial charge is 0.497 e. The maximum absolute atomic E-state index is 5.96. The van der Waals surface area contributed by atoms with Gasteiger partial charge < -0.3 is 10.5 Å². The van der Waals surface area contributed by atoms with Gasteiger partial charge in [-0.2, -0.15) is 0 Å². The second-order valence-electron chi connectivity index (χ2n) is 4.50. The predicted molar refractivity (Wildman–Crippen MR) is 88.8 cm³/mol. The van der Waals surface area contributed by atoms with Crippen molar-refractivity contribution in [1.29, 1.82) is 0 Å². The number of rotatable bonds is 5. The zero-order valence-corrected chi connectivity index (χ0v) is 13.2. The molecule has 0 unspecified atom stereocenters. The number of hydrogen-bond donors (Lipinski definition) is 1. The maximum Gasteiger partial charge on any atom is 0.125 e. The summed E-state index contributed by atoms with van der Waals surface area (Å²) in [5.74, 6) is 1.30. The molecule has 0 amide bonds. The number of ether oxygens (including phenoxy) is 1. The van der Waals surface area contributed by atoms with Crippen molar-refractivity contribution in [2.75, 3.05) is 13.7 Å². The van der Waals surface area contributed by atoms with Crippen LogP contribution in [0.4, 0.5) is 0 Å². The van der Waals surface area contributed by atoms with Crippen molar-refractivity contribution in [3.05, 3.63) is 63.6 Å². The Morgan fingerprint density at radius 3 is 2.67 bits per heavy atom. The van der Waals surface area contributed by atoms with E-state index in [0.717, 1.165) is 23.3 Å². The molecule has 0 aliphatic rings. The molecule has 0 spiro atoms. The molecular weight excluding hydrogens is 307 g/mol. The Kier molecular flexibility index (Phi) is 5.48. The normalized spacial score (nSPS) is 11.5. The fourth-order valence-electron chi connectivity index (χ4n) is 1.88. The fraction of sp³-hybridized carbons (Fsp3) is 0.188. The Morgan fingerprint density at radius 2 is 1.95 bits per heavy atom. The van der Waals surface area contributed by atoms with Gasteiger partial charge >= 0.3 is 0 Å². The van der Waals surface area contributed by atoms with E-state index in [1.165, 1.54) is 0 Å². The van der Waals surface area contributed by atoms with Gasteiger partial charge in [-0.05, 0) is 42.3 Å². The van der Waals surface area contributed by atoms with Crippen molar-refractivity contribution in [3.8, 4) is 5.75 Å². The van der Waals surface area contributed by atoms with Gasteiger partial charge in [-0.15, -0.1) is 0 Å². The summed E-state index contributed by atoms with van der Waals surface area (Å²) in [7, 11) is 1.65. The van der Waals surface area contributed by atoms with Crippen molar-refractivity contribution in [2.45, 2.75) is 6.42 Å². The monoisotopic (exact) mass is 322 g/mol. The molecule has 0 aliphatic carbocycles. The lowest BCUT2D eigenvalue weighted by atomic mass is 10.1. The van der Waals surface area contributed by atoms with E-state index in [4.69, 9.17) is 33.7 Å². The van der Waals surface area contributed by atoms with Crippen molar-refractivity contribution in [2.24, 2.45) is 10.7 Å². The first-order chi connectivity index (χ1) is 10.1. The van der Waals surface area contributed by atoms with Crippen LogP contribution >= 0.6 is 23.2 Å². The molecule has 2 aromatic carbocycles. The van der Waals surface area contributed by atoms with Gasteiger partial charge in [-0.3, -0.25) is 4.99 Å². The molecule has 3 nitrogen and oxygen atoms in total. The van der Waals surface area contributed by atoms with E-state index < -0.39 is 0 Å². The van der Waals surface area contributed by atoms with E-state index in [-0.39, 0.29) is 0 Å². The van der Waals surface area contributed by atoms with Gasteiger partial charge in [0.25, 0.3) is 0 Å². The molecule has 21 heavy (non-hydrogen) atoms. The summed E-state index contributed by atoms with van der Waals surface area (Å²) in [6, 6.07) is 13.1. The fourth-order valence-corrected chi connectivity index (χ4v) is 2.18. The number of halogens is 2. The van der Waals surface area contributed by atoms with Gasteiger partial charge in [0.05, 0.1) is 17.2 Å². The molecule has 0 saturated heterocycles. The van der Waals surface area contributed by atoms with Crippen LogP contribution in [-0.2, 0) is 6.42 Å². The van der Waals surface area contributed by atoms with Gasteiger partial charge in [0.1, 0.15) is 11.6 Å². The maximum atomic E-state index is 5.96. The van der Waals surface area contributed by atoms with Crippen molar-refractivity contribution in [1.82, 2.24) is 0 Å². The summed E-state index contributed by atoms with van der Waals surface area (Å²) in [5.41, 5.74) is 7.88. The van der Waals surface area contributed by atoms with Crippen LogP contribution in [0.5, 0.6) is 5.75 Å². The van der Waals surface area contributed by atoms with Gasteiger partial charge in [0, 0.05) is 12.1 Å². The molecule has 0 atom stereocenters. The van der Waals surface area contributed by atoms with Crippen LogP contribution in [0.3, 0.4) is 0 Å². The third-order valence-electron chi connectivity index (χ3n) is 3.03. The molecule has 0 radical (unpaired) electrons. The van der Waals surface area contributed by atoms with E-state index in [2.05, 4.69) is 4.99 Å². The van der Waals surface area contributed by atoms with E-state index in [0.29, 0.717) is 22.4 Å².